The zero-order valence-electron chi connectivity index (χ0n) is 13.7. The summed E-state index contributed by atoms with van der Waals surface area (Å²) in [5, 5.41) is 20.7. The van der Waals surface area contributed by atoms with Crippen molar-refractivity contribution in [3.05, 3.63) is 62.7 Å². The number of nitrogens with zero attached hydrogens (tertiary/aromatic N) is 2. The van der Waals surface area contributed by atoms with Crippen LogP contribution in [0.15, 0.2) is 36.4 Å². The Morgan fingerprint density at radius 3 is 2.72 bits per heavy atom. The van der Waals surface area contributed by atoms with E-state index in [0.29, 0.717) is 34.3 Å². The third kappa shape index (κ3) is 4.28. The minimum absolute atomic E-state index is 0.0889. The highest BCUT2D eigenvalue weighted by atomic mass is 35.5. The maximum absolute atomic E-state index is 10.9. The third-order valence-corrected chi connectivity index (χ3v) is 3.70. The number of benzene rings is 2. The van der Waals surface area contributed by atoms with E-state index < -0.39 is 4.92 Å². The normalized spacial score (nSPS) is 10.9. The molecule has 0 N–H and O–H groups in total. The summed E-state index contributed by atoms with van der Waals surface area (Å²) >= 11 is 6.27. The summed E-state index contributed by atoms with van der Waals surface area (Å²) in [6.07, 6.45) is 1.56. The molecule has 0 unspecified atom stereocenters. The molecular weight excluding hydrogens is 344 g/mol. The van der Waals surface area contributed by atoms with Crippen LogP contribution in [0.25, 0.3) is 11.6 Å². The van der Waals surface area contributed by atoms with Crippen molar-refractivity contribution in [3.63, 3.8) is 0 Å². The van der Waals surface area contributed by atoms with Gasteiger partial charge >= 0.3 is 0 Å². The monoisotopic (exact) mass is 358 g/mol. The van der Waals surface area contributed by atoms with Gasteiger partial charge in [0.2, 0.25) is 0 Å². The minimum Gasteiger partial charge on any atom is -0.493 e. The quantitative estimate of drug-likeness (QED) is 0.323. The van der Waals surface area contributed by atoms with E-state index in [0.717, 1.165) is 0 Å². The molecule has 0 heterocycles. The fraction of sp³-hybridized carbons (Fsp3) is 0.167. The first kappa shape index (κ1) is 18.3. The standard InChI is InChI=1S/C18H15ClN2O4/c1-3-25-18-10-16(19)13(9-17(18)24-2)7-14(11-20)12-5-4-6-15(8-12)21(22)23/h4-10H,3H2,1-2H3. The van der Waals surface area contributed by atoms with E-state index in [2.05, 4.69) is 0 Å². The van der Waals surface area contributed by atoms with E-state index in [1.165, 1.54) is 25.3 Å². The highest BCUT2D eigenvalue weighted by Gasteiger charge is 2.12. The number of nitriles is 1. The lowest BCUT2D eigenvalue weighted by atomic mass is 10.0. The Kier molecular flexibility index (Phi) is 5.98. The van der Waals surface area contributed by atoms with Gasteiger partial charge in [0.25, 0.3) is 5.69 Å². The largest absolute Gasteiger partial charge is 0.493 e. The summed E-state index contributed by atoms with van der Waals surface area (Å²) in [6, 6.07) is 11.2. The number of halogens is 1. The number of nitro benzene ring substituents is 1. The van der Waals surface area contributed by atoms with Gasteiger partial charge in [0.05, 0.1) is 35.3 Å². The van der Waals surface area contributed by atoms with E-state index in [-0.39, 0.29) is 11.3 Å². The first-order valence-electron chi connectivity index (χ1n) is 7.37. The van der Waals surface area contributed by atoms with E-state index in [1.54, 1.807) is 24.3 Å². The second kappa shape index (κ2) is 8.18. The smallest absolute Gasteiger partial charge is 0.270 e. The van der Waals surface area contributed by atoms with Crippen LogP contribution < -0.4 is 9.47 Å². The zero-order valence-corrected chi connectivity index (χ0v) is 14.4. The van der Waals surface area contributed by atoms with Crippen molar-refractivity contribution < 1.29 is 14.4 Å². The van der Waals surface area contributed by atoms with Gasteiger partial charge in [-0.15, -0.1) is 0 Å². The van der Waals surface area contributed by atoms with E-state index >= 15 is 0 Å². The maximum Gasteiger partial charge on any atom is 0.270 e. The van der Waals surface area contributed by atoms with Gasteiger partial charge in [0.15, 0.2) is 11.5 Å². The van der Waals surface area contributed by atoms with Crippen molar-refractivity contribution in [3.8, 4) is 17.6 Å². The minimum atomic E-state index is -0.509. The molecule has 0 aromatic heterocycles. The molecule has 2 aromatic carbocycles. The second-order valence-corrected chi connectivity index (χ2v) is 5.34. The molecule has 0 radical (unpaired) electrons. The number of allylic oxidation sites excluding steroid dienone is 1. The van der Waals surface area contributed by atoms with Crippen LogP contribution in [0.2, 0.25) is 5.02 Å². The molecule has 0 saturated carbocycles. The zero-order chi connectivity index (χ0) is 18.4. The van der Waals surface area contributed by atoms with Gasteiger partial charge in [0.1, 0.15) is 0 Å². The number of nitro groups is 1. The van der Waals surface area contributed by atoms with Crippen molar-refractivity contribution in [1.82, 2.24) is 0 Å². The van der Waals surface area contributed by atoms with Crippen LogP contribution in [0.3, 0.4) is 0 Å². The van der Waals surface area contributed by atoms with Crippen molar-refractivity contribution in [2.24, 2.45) is 0 Å². The molecule has 6 nitrogen and oxygen atoms in total. The predicted molar refractivity (Wildman–Crippen MR) is 95.8 cm³/mol. The third-order valence-electron chi connectivity index (χ3n) is 3.37. The fourth-order valence-electron chi connectivity index (χ4n) is 2.21. The lowest BCUT2D eigenvalue weighted by molar-refractivity contribution is -0.384. The van der Waals surface area contributed by atoms with Gasteiger partial charge < -0.3 is 9.47 Å². The number of non-ortho nitro benzene ring substituents is 1. The first-order chi connectivity index (χ1) is 12.0. The highest BCUT2D eigenvalue weighted by molar-refractivity contribution is 6.32. The lowest BCUT2D eigenvalue weighted by Crippen LogP contribution is -1.96. The van der Waals surface area contributed by atoms with Crippen LogP contribution in [0, 0.1) is 21.4 Å². The van der Waals surface area contributed by atoms with Gasteiger partial charge in [-0.3, -0.25) is 10.1 Å². The number of hydrogen-bond donors (Lipinski definition) is 0. The van der Waals surface area contributed by atoms with Crippen molar-refractivity contribution in [2.45, 2.75) is 6.92 Å². The average Bonchev–Trinajstić information content (AvgIpc) is 2.61. The molecule has 2 rings (SSSR count). The summed E-state index contributed by atoms with van der Waals surface area (Å²) in [4.78, 5) is 10.4. The maximum atomic E-state index is 10.9. The molecule has 2 aromatic rings. The summed E-state index contributed by atoms with van der Waals surface area (Å²) in [7, 11) is 1.50. The summed E-state index contributed by atoms with van der Waals surface area (Å²) in [6.45, 7) is 2.30. The molecule has 0 aliphatic carbocycles. The summed E-state index contributed by atoms with van der Waals surface area (Å²) in [5.41, 5.74) is 1.14. The molecule has 0 amide bonds. The van der Waals surface area contributed by atoms with Gasteiger partial charge in [-0.25, -0.2) is 0 Å². The number of hydrogen-bond acceptors (Lipinski definition) is 5. The van der Waals surface area contributed by atoms with Crippen molar-refractivity contribution in [1.29, 1.82) is 5.26 Å². The van der Waals surface area contributed by atoms with Gasteiger partial charge in [-0.1, -0.05) is 23.7 Å². The molecule has 0 aliphatic heterocycles. The van der Waals surface area contributed by atoms with Crippen LogP contribution >= 0.6 is 11.6 Å². The Hall–Kier alpha value is -3.04. The van der Waals surface area contributed by atoms with Gasteiger partial charge in [0, 0.05) is 18.2 Å². The molecule has 0 saturated heterocycles. The molecular formula is C18H15ClN2O4. The van der Waals surface area contributed by atoms with Gasteiger partial charge in [-0.05, 0) is 30.2 Å². The van der Waals surface area contributed by atoms with E-state index in [1.807, 2.05) is 13.0 Å². The van der Waals surface area contributed by atoms with Gasteiger partial charge in [-0.2, -0.15) is 5.26 Å². The van der Waals surface area contributed by atoms with Crippen LogP contribution in [0.5, 0.6) is 11.5 Å². The van der Waals surface area contributed by atoms with E-state index in [9.17, 15) is 15.4 Å². The van der Waals surface area contributed by atoms with Crippen LogP contribution in [-0.4, -0.2) is 18.6 Å². The molecule has 128 valence electrons. The Morgan fingerprint density at radius 1 is 1.36 bits per heavy atom. The van der Waals surface area contributed by atoms with Crippen molar-refractivity contribution in [2.75, 3.05) is 13.7 Å². The van der Waals surface area contributed by atoms with Crippen LogP contribution in [0.1, 0.15) is 18.1 Å². The fourth-order valence-corrected chi connectivity index (χ4v) is 2.42. The predicted octanol–water partition coefficient (Wildman–Crippen LogP) is 4.72. The molecule has 7 heteroatoms. The molecule has 25 heavy (non-hydrogen) atoms. The SMILES string of the molecule is CCOc1cc(Cl)c(C=C(C#N)c2cccc([N+](=O)[O-])c2)cc1OC. The Balaban J connectivity index is 2.51. The summed E-state index contributed by atoms with van der Waals surface area (Å²) in [5.74, 6) is 0.981. The second-order valence-electron chi connectivity index (χ2n) is 4.93. The Morgan fingerprint density at radius 2 is 2.12 bits per heavy atom. The van der Waals surface area contributed by atoms with Crippen LogP contribution in [0.4, 0.5) is 5.69 Å². The highest BCUT2D eigenvalue weighted by Crippen LogP contribution is 2.35. The molecule has 0 atom stereocenters. The number of rotatable bonds is 6. The molecule has 0 bridgehead atoms. The van der Waals surface area contributed by atoms with E-state index in [4.69, 9.17) is 21.1 Å². The number of ether oxygens (including phenoxy) is 2. The summed E-state index contributed by atoms with van der Waals surface area (Å²) < 4.78 is 10.7. The first-order valence-corrected chi connectivity index (χ1v) is 7.75. The number of methoxy groups -OCH3 is 1. The Labute approximate surface area is 150 Å². The molecule has 0 aliphatic rings. The Bertz CT molecular complexity index is 872. The van der Waals surface area contributed by atoms with Crippen molar-refractivity contribution >= 4 is 28.9 Å². The molecule has 0 spiro atoms. The average molecular weight is 359 g/mol. The topological polar surface area (TPSA) is 85.4 Å². The van der Waals surface area contributed by atoms with Crippen LogP contribution in [-0.2, 0) is 0 Å². The molecule has 0 fully saturated rings. The lowest BCUT2D eigenvalue weighted by Gasteiger charge is -2.11.